The molecule has 0 radical (unpaired) electrons. The Morgan fingerprint density at radius 1 is 1.11 bits per heavy atom. The highest BCUT2D eigenvalue weighted by molar-refractivity contribution is 8.00. The van der Waals surface area contributed by atoms with Gasteiger partial charge >= 0.3 is 5.69 Å². The number of anilines is 1. The van der Waals surface area contributed by atoms with Crippen molar-refractivity contribution in [2.24, 2.45) is 0 Å². The van der Waals surface area contributed by atoms with E-state index in [1.165, 1.54) is 23.8 Å². The largest absolute Gasteiger partial charge is 0.384 e. The Labute approximate surface area is 168 Å². The molecule has 0 saturated heterocycles. The number of carbonyl (C=O) groups is 1. The summed E-state index contributed by atoms with van der Waals surface area (Å²) in [5.74, 6) is -0.0999. The molecule has 3 rings (SSSR count). The van der Waals surface area contributed by atoms with Gasteiger partial charge in [0.25, 0.3) is 5.56 Å². The maximum Gasteiger partial charge on any atom is 0.332 e. The first kappa shape index (κ1) is 20.5. The van der Waals surface area contributed by atoms with Gasteiger partial charge in [0.1, 0.15) is 11.4 Å². The molecule has 150 valence electrons. The zero-order valence-electron chi connectivity index (χ0n) is 16.2. The number of ketones is 1. The number of nitrogens with zero attached hydrogens (tertiary/aromatic N) is 2. The number of rotatable bonds is 7. The highest BCUT2D eigenvalue weighted by Gasteiger charge is 2.24. The van der Waals surface area contributed by atoms with E-state index in [2.05, 4.69) is 0 Å². The van der Waals surface area contributed by atoms with E-state index >= 15 is 0 Å². The Balaban J connectivity index is 1.93. The molecular weight excluding hydrogens is 374 g/mol. The Morgan fingerprint density at radius 3 is 2.43 bits per heavy atom. The van der Waals surface area contributed by atoms with Crippen LogP contribution in [0.2, 0.25) is 0 Å². The maximum atomic E-state index is 12.9. The van der Waals surface area contributed by atoms with E-state index < -0.39 is 11.2 Å². The predicted molar refractivity (Wildman–Crippen MR) is 114 cm³/mol. The molecule has 1 aliphatic rings. The summed E-state index contributed by atoms with van der Waals surface area (Å²) >= 11 is 1.60. The summed E-state index contributed by atoms with van der Waals surface area (Å²) < 4.78 is 2.43. The topological polar surface area (TPSA) is 87.1 Å². The van der Waals surface area contributed by atoms with Gasteiger partial charge in [0.2, 0.25) is 0 Å². The molecule has 2 N–H and O–H groups in total. The van der Waals surface area contributed by atoms with E-state index in [-0.39, 0.29) is 36.0 Å². The molecular formula is C21H27N3O3S. The van der Waals surface area contributed by atoms with Gasteiger partial charge in [0.15, 0.2) is 5.78 Å². The van der Waals surface area contributed by atoms with E-state index in [4.69, 9.17) is 5.73 Å². The fourth-order valence-electron chi connectivity index (χ4n) is 3.67. The number of hydrogen-bond acceptors (Lipinski definition) is 5. The number of hydrogen-bond donors (Lipinski definition) is 1. The van der Waals surface area contributed by atoms with Gasteiger partial charge < -0.3 is 5.73 Å². The Kier molecular flexibility index (Phi) is 6.78. The molecule has 7 heteroatoms. The van der Waals surface area contributed by atoms with Crippen LogP contribution in [0, 0.1) is 0 Å². The van der Waals surface area contributed by atoms with Crippen LogP contribution in [0.1, 0.15) is 54.9 Å². The minimum absolute atomic E-state index is 0.0298. The molecule has 0 amide bonds. The molecule has 0 atom stereocenters. The minimum atomic E-state index is -0.580. The molecule has 1 aliphatic carbocycles. The summed E-state index contributed by atoms with van der Waals surface area (Å²) in [5, 5.41) is 0.461. The van der Waals surface area contributed by atoms with Crippen LogP contribution in [0.5, 0.6) is 0 Å². The summed E-state index contributed by atoms with van der Waals surface area (Å²) in [6, 6.07) is 9.40. The van der Waals surface area contributed by atoms with Crippen LogP contribution in [0.15, 0.2) is 39.9 Å². The van der Waals surface area contributed by atoms with Gasteiger partial charge in [0, 0.05) is 11.8 Å². The van der Waals surface area contributed by atoms with E-state index in [0.29, 0.717) is 5.25 Å². The number of nitrogen functional groups attached to an aromatic ring is 1. The molecule has 1 aromatic carbocycles. The van der Waals surface area contributed by atoms with E-state index in [9.17, 15) is 14.4 Å². The second kappa shape index (κ2) is 9.28. The molecule has 1 saturated carbocycles. The molecule has 1 heterocycles. The summed E-state index contributed by atoms with van der Waals surface area (Å²) in [5.41, 5.74) is 5.95. The Bertz CT molecular complexity index is 944. The van der Waals surface area contributed by atoms with Crippen molar-refractivity contribution in [1.82, 2.24) is 9.13 Å². The molecule has 0 aliphatic heterocycles. The highest BCUT2D eigenvalue weighted by Crippen LogP contribution is 2.28. The molecule has 2 aromatic rings. The van der Waals surface area contributed by atoms with Crippen LogP contribution >= 0.6 is 11.8 Å². The molecule has 0 spiro atoms. The van der Waals surface area contributed by atoms with Crippen LogP contribution in [0.4, 0.5) is 5.82 Å². The van der Waals surface area contributed by atoms with Crippen molar-refractivity contribution >= 4 is 23.4 Å². The van der Waals surface area contributed by atoms with Gasteiger partial charge in [-0.05, 0) is 25.3 Å². The normalized spacial score (nSPS) is 14.9. The molecule has 0 unspecified atom stereocenters. The van der Waals surface area contributed by atoms with Gasteiger partial charge in [-0.25, -0.2) is 4.79 Å². The number of carbonyl (C=O) groups excluding carboxylic acids is 1. The fourth-order valence-corrected chi connectivity index (χ4v) is 4.87. The lowest BCUT2D eigenvalue weighted by atomic mass is 10.0. The molecule has 28 heavy (non-hydrogen) atoms. The first-order chi connectivity index (χ1) is 13.5. The van der Waals surface area contributed by atoms with E-state index in [1.54, 1.807) is 18.7 Å². The zero-order valence-corrected chi connectivity index (χ0v) is 17.0. The second-order valence-corrected chi connectivity index (χ2v) is 8.45. The molecule has 6 nitrogen and oxygen atoms in total. The molecule has 1 aromatic heterocycles. The Morgan fingerprint density at radius 2 is 1.79 bits per heavy atom. The van der Waals surface area contributed by atoms with Crippen LogP contribution in [-0.2, 0) is 13.1 Å². The van der Waals surface area contributed by atoms with Crippen molar-refractivity contribution in [2.75, 3.05) is 11.5 Å². The van der Waals surface area contributed by atoms with Crippen molar-refractivity contribution in [3.8, 4) is 0 Å². The van der Waals surface area contributed by atoms with Crippen LogP contribution in [-0.4, -0.2) is 25.9 Å². The highest BCUT2D eigenvalue weighted by atomic mass is 32.2. The summed E-state index contributed by atoms with van der Waals surface area (Å²) in [6.07, 6.45) is 5.86. The predicted octanol–water partition coefficient (Wildman–Crippen LogP) is 2.91. The lowest BCUT2D eigenvalue weighted by Gasteiger charge is -2.21. The van der Waals surface area contributed by atoms with Gasteiger partial charge in [0.05, 0.1) is 12.3 Å². The first-order valence-electron chi connectivity index (χ1n) is 9.84. The van der Waals surface area contributed by atoms with Crippen LogP contribution in [0.25, 0.3) is 0 Å². The lowest BCUT2D eigenvalue weighted by molar-refractivity contribution is 0.102. The summed E-state index contributed by atoms with van der Waals surface area (Å²) in [6.45, 7) is 2.14. The van der Waals surface area contributed by atoms with Crippen molar-refractivity contribution in [3.63, 3.8) is 0 Å². The summed E-state index contributed by atoms with van der Waals surface area (Å²) in [7, 11) is 0. The average Bonchev–Trinajstić information content (AvgIpc) is 2.71. The monoisotopic (exact) mass is 401 g/mol. The molecule has 0 bridgehead atoms. The quantitative estimate of drug-likeness (QED) is 0.721. The average molecular weight is 402 g/mol. The SMILES string of the molecule is CCn1c(=O)c(C(=O)CSC2CCCCC2)c(N)n(Cc2ccccc2)c1=O. The van der Waals surface area contributed by atoms with Crippen molar-refractivity contribution in [1.29, 1.82) is 0 Å². The second-order valence-electron chi connectivity index (χ2n) is 7.16. The Hall–Kier alpha value is -2.28. The third kappa shape index (κ3) is 4.41. The van der Waals surface area contributed by atoms with Crippen molar-refractivity contribution in [3.05, 3.63) is 62.3 Å². The van der Waals surface area contributed by atoms with Gasteiger partial charge in [-0.3, -0.25) is 18.7 Å². The fraction of sp³-hybridized carbons (Fsp3) is 0.476. The van der Waals surface area contributed by atoms with Gasteiger partial charge in [-0.15, -0.1) is 0 Å². The zero-order chi connectivity index (χ0) is 20.1. The lowest BCUT2D eigenvalue weighted by Crippen LogP contribution is -2.44. The van der Waals surface area contributed by atoms with Crippen LogP contribution < -0.4 is 17.0 Å². The van der Waals surface area contributed by atoms with Crippen molar-refractivity contribution in [2.45, 2.75) is 57.4 Å². The third-order valence-electron chi connectivity index (χ3n) is 5.25. The third-order valence-corrected chi connectivity index (χ3v) is 6.62. The number of aromatic nitrogens is 2. The maximum absolute atomic E-state index is 12.9. The summed E-state index contributed by atoms with van der Waals surface area (Å²) in [4.78, 5) is 38.4. The van der Waals surface area contributed by atoms with Crippen molar-refractivity contribution < 1.29 is 4.79 Å². The minimum Gasteiger partial charge on any atom is -0.384 e. The van der Waals surface area contributed by atoms with Crippen LogP contribution in [0.3, 0.4) is 0 Å². The standard InChI is InChI=1S/C21H27N3O3S/c1-2-23-20(26)18(17(25)14-28-16-11-7-4-8-12-16)19(22)24(21(23)27)13-15-9-5-3-6-10-15/h3,5-6,9-10,16H,2,4,7-8,11-14,22H2,1H3. The van der Waals surface area contributed by atoms with E-state index in [1.807, 2.05) is 30.3 Å². The number of benzene rings is 1. The molecule has 1 fully saturated rings. The number of thioether (sulfide) groups is 1. The number of nitrogens with two attached hydrogens (primary N) is 1. The van der Waals surface area contributed by atoms with Gasteiger partial charge in [-0.2, -0.15) is 11.8 Å². The van der Waals surface area contributed by atoms with E-state index in [0.717, 1.165) is 23.0 Å². The first-order valence-corrected chi connectivity index (χ1v) is 10.9. The van der Waals surface area contributed by atoms with Gasteiger partial charge in [-0.1, -0.05) is 49.6 Å². The smallest absolute Gasteiger partial charge is 0.332 e. The number of Topliss-reactive ketones (excluding diaryl/α,β-unsaturated/α-hetero) is 1.